The summed E-state index contributed by atoms with van der Waals surface area (Å²) in [6.45, 7) is 0. The van der Waals surface area contributed by atoms with E-state index in [1.54, 1.807) is 6.08 Å². The first kappa shape index (κ1) is 9.08. The monoisotopic (exact) mass is 202 g/mol. The fraction of sp³-hybridized carbons (Fsp3) is 0.538. The van der Waals surface area contributed by atoms with E-state index in [1.165, 1.54) is 5.57 Å². The van der Waals surface area contributed by atoms with Gasteiger partial charge in [0, 0.05) is 24.7 Å². The molecule has 0 aromatic carbocycles. The molecule has 0 bridgehead atoms. The molecule has 0 unspecified atom stereocenters. The van der Waals surface area contributed by atoms with Crippen LogP contribution < -0.4 is 0 Å². The van der Waals surface area contributed by atoms with Crippen molar-refractivity contribution >= 4 is 11.6 Å². The maximum Gasteiger partial charge on any atom is 0.159 e. The van der Waals surface area contributed by atoms with Crippen molar-refractivity contribution in [2.45, 2.75) is 32.1 Å². The summed E-state index contributed by atoms with van der Waals surface area (Å²) in [4.78, 5) is 23.0. The summed E-state index contributed by atoms with van der Waals surface area (Å²) in [6.07, 6.45) is 9.93. The molecule has 1 spiro atoms. The number of hydrogen-bond donors (Lipinski definition) is 0. The molecule has 2 nitrogen and oxygen atoms in total. The van der Waals surface area contributed by atoms with Gasteiger partial charge in [0.2, 0.25) is 0 Å². The number of allylic oxidation sites excluding steroid dienone is 4. The molecule has 2 heteroatoms. The third-order valence-electron chi connectivity index (χ3n) is 4.13. The minimum atomic E-state index is -0.0523. The molecule has 0 aromatic heterocycles. The first-order chi connectivity index (χ1) is 7.21. The lowest BCUT2D eigenvalue weighted by Gasteiger charge is -2.39. The number of rotatable bonds is 0. The molecule has 3 aliphatic carbocycles. The summed E-state index contributed by atoms with van der Waals surface area (Å²) < 4.78 is 0. The van der Waals surface area contributed by atoms with Crippen LogP contribution in [0.5, 0.6) is 0 Å². The van der Waals surface area contributed by atoms with E-state index in [0.717, 1.165) is 19.3 Å². The Labute approximate surface area is 89.0 Å². The Morgan fingerprint density at radius 3 is 3.07 bits per heavy atom. The summed E-state index contributed by atoms with van der Waals surface area (Å²) in [5.41, 5.74) is 1.17. The van der Waals surface area contributed by atoms with Crippen LogP contribution in [0.1, 0.15) is 32.1 Å². The molecule has 0 aromatic rings. The third-order valence-corrected chi connectivity index (χ3v) is 4.13. The van der Waals surface area contributed by atoms with Crippen molar-refractivity contribution in [3.05, 3.63) is 23.8 Å². The van der Waals surface area contributed by atoms with Crippen molar-refractivity contribution in [3.63, 3.8) is 0 Å². The van der Waals surface area contributed by atoms with Crippen LogP contribution in [0.25, 0.3) is 0 Å². The van der Waals surface area contributed by atoms with E-state index in [4.69, 9.17) is 0 Å². The summed E-state index contributed by atoms with van der Waals surface area (Å²) in [5.74, 6) is 1.02. The Morgan fingerprint density at radius 1 is 1.33 bits per heavy atom. The average Bonchev–Trinajstić information content (AvgIpc) is 2.52. The molecular weight excluding hydrogens is 188 g/mol. The smallest absolute Gasteiger partial charge is 0.159 e. The van der Waals surface area contributed by atoms with Crippen LogP contribution in [0, 0.1) is 11.3 Å². The van der Waals surface area contributed by atoms with Gasteiger partial charge in [-0.05, 0) is 24.8 Å². The minimum Gasteiger partial charge on any atom is -0.300 e. The SMILES string of the molecule is O=C1C=C[C@]23CC(=O)C[C@@H]2CCC=C3C1. The largest absolute Gasteiger partial charge is 0.300 e. The van der Waals surface area contributed by atoms with Gasteiger partial charge in [-0.2, -0.15) is 0 Å². The normalized spacial score (nSPS) is 38.7. The zero-order chi connectivity index (χ0) is 10.5. The summed E-state index contributed by atoms with van der Waals surface area (Å²) in [6, 6.07) is 0. The molecule has 1 saturated carbocycles. The molecular formula is C13H14O2. The Morgan fingerprint density at radius 2 is 2.20 bits per heavy atom. The molecule has 0 saturated heterocycles. The van der Waals surface area contributed by atoms with Crippen molar-refractivity contribution in [2.75, 3.05) is 0 Å². The fourth-order valence-corrected chi connectivity index (χ4v) is 3.41. The highest BCUT2D eigenvalue weighted by molar-refractivity contribution is 5.95. The van der Waals surface area contributed by atoms with Crippen molar-refractivity contribution in [2.24, 2.45) is 11.3 Å². The summed E-state index contributed by atoms with van der Waals surface area (Å²) in [7, 11) is 0. The number of hydrogen-bond acceptors (Lipinski definition) is 2. The molecule has 0 aliphatic heterocycles. The van der Waals surface area contributed by atoms with E-state index < -0.39 is 0 Å². The molecule has 1 fully saturated rings. The Bertz CT molecular complexity index is 403. The van der Waals surface area contributed by atoms with Gasteiger partial charge >= 0.3 is 0 Å². The zero-order valence-electron chi connectivity index (χ0n) is 8.66. The molecule has 3 rings (SSSR count). The number of ketones is 2. The molecule has 0 N–H and O–H groups in total. The van der Waals surface area contributed by atoms with Gasteiger partial charge in [0.25, 0.3) is 0 Å². The lowest BCUT2D eigenvalue weighted by atomic mass is 9.63. The van der Waals surface area contributed by atoms with E-state index in [9.17, 15) is 9.59 Å². The molecule has 3 aliphatic rings. The van der Waals surface area contributed by atoms with Crippen LogP contribution in [0.2, 0.25) is 0 Å². The first-order valence-corrected chi connectivity index (χ1v) is 5.64. The highest BCUT2D eigenvalue weighted by Gasteiger charge is 2.49. The number of Topliss-reactive ketones (excluding diaryl/α,β-unsaturated/α-hetero) is 1. The van der Waals surface area contributed by atoms with Gasteiger partial charge in [-0.3, -0.25) is 9.59 Å². The Hall–Kier alpha value is -1.18. The van der Waals surface area contributed by atoms with Gasteiger partial charge in [-0.15, -0.1) is 0 Å². The number of carbonyl (C=O) groups is 2. The van der Waals surface area contributed by atoms with E-state index in [2.05, 4.69) is 6.08 Å². The van der Waals surface area contributed by atoms with E-state index in [0.29, 0.717) is 24.5 Å². The number of carbonyl (C=O) groups excluding carboxylic acids is 2. The highest BCUT2D eigenvalue weighted by Crippen LogP contribution is 2.55. The predicted octanol–water partition coefficient (Wildman–Crippen LogP) is 2.20. The molecule has 0 heterocycles. The van der Waals surface area contributed by atoms with E-state index in [-0.39, 0.29) is 11.2 Å². The van der Waals surface area contributed by atoms with Crippen LogP contribution in [-0.4, -0.2) is 11.6 Å². The minimum absolute atomic E-state index is 0.0523. The molecule has 15 heavy (non-hydrogen) atoms. The molecule has 2 atom stereocenters. The summed E-state index contributed by atoms with van der Waals surface area (Å²) >= 11 is 0. The topological polar surface area (TPSA) is 34.1 Å². The maximum absolute atomic E-state index is 11.6. The zero-order valence-corrected chi connectivity index (χ0v) is 8.66. The van der Waals surface area contributed by atoms with Crippen molar-refractivity contribution in [3.8, 4) is 0 Å². The maximum atomic E-state index is 11.6. The molecule has 78 valence electrons. The van der Waals surface area contributed by atoms with Crippen LogP contribution in [0.15, 0.2) is 23.8 Å². The van der Waals surface area contributed by atoms with Gasteiger partial charge in [-0.25, -0.2) is 0 Å². The van der Waals surface area contributed by atoms with Crippen molar-refractivity contribution in [1.82, 2.24) is 0 Å². The first-order valence-electron chi connectivity index (χ1n) is 5.64. The third kappa shape index (κ3) is 1.17. The molecule has 0 radical (unpaired) electrons. The van der Waals surface area contributed by atoms with Gasteiger partial charge < -0.3 is 0 Å². The summed E-state index contributed by atoms with van der Waals surface area (Å²) in [5, 5.41) is 0. The van der Waals surface area contributed by atoms with Crippen LogP contribution in [0.4, 0.5) is 0 Å². The highest BCUT2D eigenvalue weighted by atomic mass is 16.1. The van der Waals surface area contributed by atoms with Gasteiger partial charge in [0.05, 0.1) is 0 Å². The lowest BCUT2D eigenvalue weighted by molar-refractivity contribution is -0.118. The Kier molecular flexibility index (Phi) is 1.76. The standard InChI is InChI=1S/C13H14O2/c14-11-4-5-13-8-12(15)7-10(13)3-1-2-9(13)6-11/h2,4-5,10H,1,3,6-8H2/t10-,13+/m0/s1. The van der Waals surface area contributed by atoms with Crippen molar-refractivity contribution in [1.29, 1.82) is 0 Å². The van der Waals surface area contributed by atoms with E-state index in [1.807, 2.05) is 6.08 Å². The Balaban J connectivity index is 2.11. The van der Waals surface area contributed by atoms with E-state index >= 15 is 0 Å². The van der Waals surface area contributed by atoms with Crippen LogP contribution in [-0.2, 0) is 9.59 Å². The van der Waals surface area contributed by atoms with Gasteiger partial charge in [-0.1, -0.05) is 17.7 Å². The van der Waals surface area contributed by atoms with Gasteiger partial charge in [0.1, 0.15) is 5.78 Å². The predicted molar refractivity (Wildman–Crippen MR) is 56.2 cm³/mol. The second-order valence-electron chi connectivity index (χ2n) is 4.94. The van der Waals surface area contributed by atoms with Crippen LogP contribution in [0.3, 0.4) is 0 Å². The van der Waals surface area contributed by atoms with Crippen molar-refractivity contribution < 1.29 is 9.59 Å². The second kappa shape index (κ2) is 2.91. The van der Waals surface area contributed by atoms with Crippen LogP contribution >= 0.6 is 0 Å². The average molecular weight is 202 g/mol. The lowest BCUT2D eigenvalue weighted by Crippen LogP contribution is -2.32. The van der Waals surface area contributed by atoms with Gasteiger partial charge in [0.15, 0.2) is 5.78 Å². The second-order valence-corrected chi connectivity index (χ2v) is 4.94. The fourth-order valence-electron chi connectivity index (χ4n) is 3.41. The molecule has 0 amide bonds. The quantitative estimate of drug-likeness (QED) is 0.564.